The molecule has 19 heteroatoms. The summed E-state index contributed by atoms with van der Waals surface area (Å²) in [4.78, 5) is 72.9. The Hall–Kier alpha value is -1.94. The number of unbranched alkanes of at least 4 members (excludes halogenated alkanes) is 52. The molecule has 0 amide bonds. The predicted molar refractivity (Wildman–Crippen MR) is 409 cm³/mol. The fraction of sp³-hybridized carbons (Fsp3) is 0.951. The van der Waals surface area contributed by atoms with Crippen molar-refractivity contribution in [2.75, 3.05) is 39.6 Å². The third-order valence-corrected chi connectivity index (χ3v) is 21.3. The van der Waals surface area contributed by atoms with Gasteiger partial charge in [0, 0.05) is 25.7 Å². The largest absolute Gasteiger partial charge is 0.472 e. The SMILES string of the molecule is CCCCCCCCCCCCCCCCCCCCCCCCC(=O)O[C@H](COC(=O)CCCCCCCCCCCCCCCCC(C)CC)COP(=O)(O)OC[C@@H](O)COP(=O)(O)OC[C@@H](COC(=O)CCCCCCCCCC)OC(=O)CCCCCCCCCCCCCC. The summed E-state index contributed by atoms with van der Waals surface area (Å²) in [5.41, 5.74) is 0. The van der Waals surface area contributed by atoms with E-state index in [1.165, 1.54) is 250 Å². The van der Waals surface area contributed by atoms with Gasteiger partial charge in [0.2, 0.25) is 0 Å². The second-order valence-electron chi connectivity index (χ2n) is 29.4. The third-order valence-electron chi connectivity index (χ3n) is 19.4. The van der Waals surface area contributed by atoms with Crippen LogP contribution in [0.5, 0.6) is 0 Å². The molecule has 594 valence electrons. The molecule has 17 nitrogen and oxygen atoms in total. The molecule has 3 unspecified atom stereocenters. The van der Waals surface area contributed by atoms with Gasteiger partial charge in [-0.1, -0.05) is 381 Å². The lowest BCUT2D eigenvalue weighted by atomic mass is 9.99. The summed E-state index contributed by atoms with van der Waals surface area (Å²) < 4.78 is 68.6. The molecular formula is C81H158O17P2. The highest BCUT2D eigenvalue weighted by Gasteiger charge is 2.30. The Morgan fingerprint density at radius 1 is 0.280 bits per heavy atom. The standard InChI is InChI=1S/C81H158O17P2/c1-6-10-13-16-19-22-24-26-27-28-29-30-31-32-33-34-39-43-47-52-57-62-67-81(86)98-77(71-92-79(84)65-60-55-50-45-42-38-36-35-37-40-44-48-53-58-63-74(5)9-4)73-96-100(89,90)94-69-75(82)68-93-99(87,88)95-72-76(70-91-78(83)64-59-54-49-21-18-15-12-8-3)97-80(85)66-61-56-51-46-41-25-23-20-17-14-11-7-2/h74-77,82H,6-73H2,1-5H3,(H,87,88)(H,89,90)/t74?,75-,76+,77+/m0/s1. The van der Waals surface area contributed by atoms with E-state index in [0.29, 0.717) is 25.7 Å². The maximum Gasteiger partial charge on any atom is 0.472 e. The van der Waals surface area contributed by atoms with Crippen molar-refractivity contribution in [2.24, 2.45) is 5.92 Å². The van der Waals surface area contributed by atoms with Crippen LogP contribution >= 0.6 is 15.6 Å². The van der Waals surface area contributed by atoms with Crippen molar-refractivity contribution in [3.8, 4) is 0 Å². The number of ether oxygens (including phenoxy) is 4. The summed E-state index contributed by atoms with van der Waals surface area (Å²) in [6, 6.07) is 0. The molecule has 0 aromatic heterocycles. The topological polar surface area (TPSA) is 237 Å². The highest BCUT2D eigenvalue weighted by atomic mass is 31.2. The molecule has 0 aliphatic rings. The second-order valence-corrected chi connectivity index (χ2v) is 32.3. The average molecular weight is 1470 g/mol. The molecule has 0 heterocycles. The number of esters is 4. The number of carbonyl (C=O) groups excluding carboxylic acids is 4. The molecule has 0 fully saturated rings. The molecule has 100 heavy (non-hydrogen) atoms. The number of aliphatic hydroxyl groups excluding tert-OH is 1. The van der Waals surface area contributed by atoms with Gasteiger partial charge in [-0.25, -0.2) is 9.13 Å². The highest BCUT2D eigenvalue weighted by Crippen LogP contribution is 2.45. The van der Waals surface area contributed by atoms with E-state index in [1.807, 2.05) is 0 Å². The van der Waals surface area contributed by atoms with Crippen molar-refractivity contribution in [3.63, 3.8) is 0 Å². The first-order chi connectivity index (χ1) is 48.6. The van der Waals surface area contributed by atoms with Crippen LogP contribution in [0.15, 0.2) is 0 Å². The molecule has 0 aromatic rings. The second kappa shape index (κ2) is 73.9. The molecule has 0 saturated carbocycles. The van der Waals surface area contributed by atoms with Gasteiger partial charge in [0.05, 0.1) is 26.4 Å². The van der Waals surface area contributed by atoms with E-state index in [0.717, 1.165) is 102 Å². The molecule has 0 saturated heterocycles. The summed E-state index contributed by atoms with van der Waals surface area (Å²) in [7, 11) is -9.91. The molecule has 0 spiro atoms. The molecule has 0 rings (SSSR count). The summed E-state index contributed by atoms with van der Waals surface area (Å²) in [5, 5.41) is 10.6. The zero-order chi connectivity index (χ0) is 73.4. The van der Waals surface area contributed by atoms with Gasteiger partial charge < -0.3 is 33.8 Å². The number of phosphoric ester groups is 2. The van der Waals surface area contributed by atoms with E-state index in [4.69, 9.17) is 37.0 Å². The zero-order valence-electron chi connectivity index (χ0n) is 65.3. The van der Waals surface area contributed by atoms with Gasteiger partial charge in [0.1, 0.15) is 19.3 Å². The van der Waals surface area contributed by atoms with Crippen LogP contribution in [0, 0.1) is 5.92 Å². The average Bonchev–Trinajstić information content (AvgIpc) is 0.916. The number of rotatable bonds is 81. The molecule has 0 aliphatic carbocycles. The van der Waals surface area contributed by atoms with E-state index in [9.17, 15) is 43.2 Å². The highest BCUT2D eigenvalue weighted by molar-refractivity contribution is 7.47. The first-order valence-corrected chi connectivity index (χ1v) is 45.2. The van der Waals surface area contributed by atoms with Gasteiger partial charge >= 0.3 is 39.5 Å². The smallest absolute Gasteiger partial charge is 0.462 e. The van der Waals surface area contributed by atoms with Crippen LogP contribution in [0.1, 0.15) is 433 Å². The summed E-state index contributed by atoms with van der Waals surface area (Å²) >= 11 is 0. The normalized spacial score (nSPS) is 14.1. The maximum absolute atomic E-state index is 13.1. The van der Waals surface area contributed by atoms with Crippen LogP contribution in [0.3, 0.4) is 0 Å². The minimum atomic E-state index is -4.96. The van der Waals surface area contributed by atoms with E-state index in [2.05, 4.69) is 34.6 Å². The van der Waals surface area contributed by atoms with Crippen molar-refractivity contribution in [1.82, 2.24) is 0 Å². The maximum atomic E-state index is 13.1. The van der Waals surface area contributed by atoms with Gasteiger partial charge in [-0.3, -0.25) is 37.3 Å². The first kappa shape index (κ1) is 98.1. The van der Waals surface area contributed by atoms with E-state index >= 15 is 0 Å². The number of hydrogen-bond acceptors (Lipinski definition) is 15. The third kappa shape index (κ3) is 73.0. The van der Waals surface area contributed by atoms with E-state index < -0.39 is 97.5 Å². The quantitative estimate of drug-likeness (QED) is 0.0222. The Bertz CT molecular complexity index is 1910. The van der Waals surface area contributed by atoms with Crippen LogP contribution in [-0.4, -0.2) is 96.7 Å². The molecule has 0 aliphatic heterocycles. The molecule has 6 atom stereocenters. The fourth-order valence-electron chi connectivity index (χ4n) is 12.6. The monoisotopic (exact) mass is 1470 g/mol. The summed E-state index contributed by atoms with van der Waals surface area (Å²) in [6.07, 6.45) is 65.3. The Balaban J connectivity index is 5.17. The molecule has 0 radical (unpaired) electrons. The van der Waals surface area contributed by atoms with Crippen molar-refractivity contribution >= 4 is 39.5 Å². The van der Waals surface area contributed by atoms with Gasteiger partial charge in [-0.15, -0.1) is 0 Å². The minimum Gasteiger partial charge on any atom is -0.462 e. The van der Waals surface area contributed by atoms with E-state index in [1.54, 1.807) is 0 Å². The van der Waals surface area contributed by atoms with Crippen LogP contribution in [-0.2, 0) is 65.4 Å². The minimum absolute atomic E-state index is 0.108. The summed E-state index contributed by atoms with van der Waals surface area (Å²) in [5.74, 6) is -1.26. The lowest BCUT2D eigenvalue weighted by Crippen LogP contribution is -2.30. The van der Waals surface area contributed by atoms with Crippen LogP contribution < -0.4 is 0 Å². The van der Waals surface area contributed by atoms with Crippen LogP contribution in [0.4, 0.5) is 0 Å². The van der Waals surface area contributed by atoms with Gasteiger partial charge in [0.15, 0.2) is 12.2 Å². The number of aliphatic hydroxyl groups is 1. The van der Waals surface area contributed by atoms with Crippen molar-refractivity contribution < 1.29 is 80.2 Å². The number of phosphoric acid groups is 2. The zero-order valence-corrected chi connectivity index (χ0v) is 67.1. The molecular weight excluding hydrogens is 1310 g/mol. The van der Waals surface area contributed by atoms with Gasteiger partial charge in [-0.2, -0.15) is 0 Å². The lowest BCUT2D eigenvalue weighted by molar-refractivity contribution is -0.161. The van der Waals surface area contributed by atoms with Gasteiger partial charge in [-0.05, 0) is 31.6 Å². The van der Waals surface area contributed by atoms with Crippen molar-refractivity contribution in [2.45, 2.75) is 451 Å². The number of carbonyl (C=O) groups is 4. The van der Waals surface area contributed by atoms with Crippen molar-refractivity contribution in [3.05, 3.63) is 0 Å². The Labute approximate surface area is 613 Å². The Morgan fingerprint density at radius 2 is 0.480 bits per heavy atom. The van der Waals surface area contributed by atoms with E-state index in [-0.39, 0.29) is 25.7 Å². The predicted octanol–water partition coefficient (Wildman–Crippen LogP) is 24.4. The van der Waals surface area contributed by atoms with Crippen LogP contribution in [0.25, 0.3) is 0 Å². The van der Waals surface area contributed by atoms with Crippen LogP contribution in [0.2, 0.25) is 0 Å². The van der Waals surface area contributed by atoms with Crippen molar-refractivity contribution in [1.29, 1.82) is 0 Å². The fourth-order valence-corrected chi connectivity index (χ4v) is 14.1. The molecule has 0 bridgehead atoms. The molecule has 0 aromatic carbocycles. The lowest BCUT2D eigenvalue weighted by Gasteiger charge is -2.21. The molecule has 3 N–H and O–H groups in total. The summed E-state index contributed by atoms with van der Waals surface area (Å²) in [6.45, 7) is 7.35. The number of hydrogen-bond donors (Lipinski definition) is 3. The van der Waals surface area contributed by atoms with Gasteiger partial charge in [0.25, 0.3) is 0 Å². The Kier molecular flexibility index (Phi) is 72.5. The first-order valence-electron chi connectivity index (χ1n) is 42.2. The Morgan fingerprint density at radius 3 is 0.710 bits per heavy atom.